The highest BCUT2D eigenvalue weighted by atomic mass is 16.2. The van der Waals surface area contributed by atoms with Crippen LogP contribution in [0.3, 0.4) is 0 Å². The fourth-order valence-corrected chi connectivity index (χ4v) is 2.13. The van der Waals surface area contributed by atoms with E-state index in [2.05, 4.69) is 15.5 Å². The molecule has 2 N–H and O–H groups in total. The summed E-state index contributed by atoms with van der Waals surface area (Å²) in [6.45, 7) is 0.742. The fraction of sp³-hybridized carbons (Fsp3) is 0.235. The quantitative estimate of drug-likeness (QED) is 0.885. The molecule has 0 fully saturated rings. The van der Waals surface area contributed by atoms with E-state index in [0.717, 1.165) is 17.8 Å². The van der Waals surface area contributed by atoms with Gasteiger partial charge in [-0.1, -0.05) is 48.5 Å². The molecule has 0 aliphatic carbocycles. The number of carbonyl (C=O) groups excluding carboxylic acids is 1. The van der Waals surface area contributed by atoms with Crippen molar-refractivity contribution in [2.24, 2.45) is 0 Å². The summed E-state index contributed by atoms with van der Waals surface area (Å²) in [6.07, 6.45) is 0. The molecule has 1 atom stereocenters. The number of hydrogen-bond acceptors (Lipinski definition) is 2. The van der Waals surface area contributed by atoms with Gasteiger partial charge >= 0.3 is 6.03 Å². The molecule has 0 radical (unpaired) electrons. The van der Waals surface area contributed by atoms with Gasteiger partial charge in [0.2, 0.25) is 0 Å². The lowest BCUT2D eigenvalue weighted by Gasteiger charge is -2.23. The number of amides is 2. The summed E-state index contributed by atoms with van der Waals surface area (Å²) in [5.41, 5.74) is 1.88. The summed E-state index contributed by atoms with van der Waals surface area (Å²) >= 11 is 0. The number of rotatable bonds is 5. The zero-order valence-electron chi connectivity index (χ0n) is 12.4. The number of urea groups is 1. The van der Waals surface area contributed by atoms with Gasteiger partial charge in [0.05, 0.1) is 6.04 Å². The van der Waals surface area contributed by atoms with Crippen molar-refractivity contribution >= 4 is 11.7 Å². The molecule has 0 aliphatic rings. The molecule has 0 heterocycles. The zero-order chi connectivity index (χ0) is 15.1. The highest BCUT2D eigenvalue weighted by Crippen LogP contribution is 2.14. The molecule has 0 unspecified atom stereocenters. The monoisotopic (exact) mass is 283 g/mol. The average Bonchev–Trinajstić information content (AvgIpc) is 2.48. The van der Waals surface area contributed by atoms with E-state index >= 15 is 0 Å². The first-order chi connectivity index (χ1) is 10.1. The van der Waals surface area contributed by atoms with E-state index in [9.17, 15) is 4.79 Å². The molecule has 110 valence electrons. The zero-order valence-corrected chi connectivity index (χ0v) is 12.4. The minimum Gasteiger partial charge on any atom is -0.330 e. The first-order valence-corrected chi connectivity index (χ1v) is 6.97. The van der Waals surface area contributed by atoms with Crippen molar-refractivity contribution < 1.29 is 4.79 Å². The normalized spacial score (nSPS) is 12.0. The van der Waals surface area contributed by atoms with Gasteiger partial charge in [-0.25, -0.2) is 4.79 Å². The smallest absolute Gasteiger partial charge is 0.319 e. The molecule has 2 aromatic rings. The summed E-state index contributed by atoms with van der Waals surface area (Å²) in [6, 6.07) is 19.2. The molecule has 0 spiro atoms. The summed E-state index contributed by atoms with van der Waals surface area (Å²) in [4.78, 5) is 14.2. The van der Waals surface area contributed by atoms with E-state index in [0.29, 0.717) is 0 Å². The molecular weight excluding hydrogens is 262 g/mol. The van der Waals surface area contributed by atoms with Crippen LogP contribution in [0.4, 0.5) is 10.5 Å². The first-order valence-electron chi connectivity index (χ1n) is 6.97. The third-order valence-corrected chi connectivity index (χ3v) is 3.09. The van der Waals surface area contributed by atoms with Crippen LogP contribution in [0.5, 0.6) is 0 Å². The van der Waals surface area contributed by atoms with Crippen LogP contribution in [0.15, 0.2) is 60.7 Å². The Kier molecular flexibility index (Phi) is 5.35. The maximum Gasteiger partial charge on any atom is 0.319 e. The highest BCUT2D eigenvalue weighted by Gasteiger charge is 2.15. The molecule has 2 aromatic carbocycles. The number of nitrogens with zero attached hydrogens (tertiary/aromatic N) is 1. The number of hydrogen-bond donors (Lipinski definition) is 2. The Hall–Kier alpha value is -2.33. The Bertz CT molecular complexity index is 555. The number of carbonyl (C=O) groups is 1. The SMILES string of the molecule is CN(C)C[C@@H](NC(=O)Nc1ccccc1)c1ccccc1. The predicted octanol–water partition coefficient (Wildman–Crippen LogP) is 3.11. The summed E-state index contributed by atoms with van der Waals surface area (Å²) in [7, 11) is 3.99. The molecule has 4 nitrogen and oxygen atoms in total. The van der Waals surface area contributed by atoms with Crippen molar-refractivity contribution in [3.63, 3.8) is 0 Å². The van der Waals surface area contributed by atoms with Gasteiger partial charge in [-0.2, -0.15) is 0 Å². The topological polar surface area (TPSA) is 44.4 Å². The highest BCUT2D eigenvalue weighted by molar-refractivity contribution is 5.89. The van der Waals surface area contributed by atoms with E-state index in [4.69, 9.17) is 0 Å². The lowest BCUT2D eigenvalue weighted by Crippen LogP contribution is -2.37. The summed E-state index contributed by atoms with van der Waals surface area (Å²) in [5, 5.41) is 5.87. The van der Waals surface area contributed by atoms with Crippen molar-refractivity contribution in [3.05, 3.63) is 66.2 Å². The summed E-state index contributed by atoms with van der Waals surface area (Å²) < 4.78 is 0. The van der Waals surface area contributed by atoms with Gasteiger partial charge in [0.1, 0.15) is 0 Å². The Morgan fingerprint density at radius 3 is 2.14 bits per heavy atom. The third kappa shape index (κ3) is 4.93. The largest absolute Gasteiger partial charge is 0.330 e. The molecule has 21 heavy (non-hydrogen) atoms. The molecule has 0 saturated carbocycles. The van der Waals surface area contributed by atoms with Crippen LogP contribution in [-0.2, 0) is 0 Å². The maximum absolute atomic E-state index is 12.1. The van der Waals surface area contributed by atoms with E-state index in [-0.39, 0.29) is 12.1 Å². The van der Waals surface area contributed by atoms with Gasteiger partial charge in [0.25, 0.3) is 0 Å². The van der Waals surface area contributed by atoms with Crippen LogP contribution in [0.1, 0.15) is 11.6 Å². The van der Waals surface area contributed by atoms with Crippen LogP contribution in [0, 0.1) is 0 Å². The van der Waals surface area contributed by atoms with Crippen molar-refractivity contribution in [1.29, 1.82) is 0 Å². The van der Waals surface area contributed by atoms with Crippen molar-refractivity contribution in [3.8, 4) is 0 Å². The average molecular weight is 283 g/mol. The molecule has 0 aliphatic heterocycles. The number of likely N-dealkylation sites (N-methyl/N-ethyl adjacent to an activating group) is 1. The van der Waals surface area contributed by atoms with Crippen molar-refractivity contribution in [1.82, 2.24) is 10.2 Å². The third-order valence-electron chi connectivity index (χ3n) is 3.09. The number of nitrogens with one attached hydrogen (secondary N) is 2. The van der Waals surface area contributed by atoms with Crippen LogP contribution in [0.25, 0.3) is 0 Å². The Balaban J connectivity index is 2.03. The van der Waals surface area contributed by atoms with Crippen molar-refractivity contribution in [2.75, 3.05) is 26.0 Å². The Labute approximate surface area is 125 Å². The lowest BCUT2D eigenvalue weighted by atomic mass is 10.1. The standard InChI is InChI=1S/C17H21N3O/c1-20(2)13-16(14-9-5-3-6-10-14)19-17(21)18-15-11-7-4-8-12-15/h3-12,16H,13H2,1-2H3,(H2,18,19,21)/t16-/m1/s1. The second-order valence-corrected chi connectivity index (χ2v) is 5.19. The molecule has 0 saturated heterocycles. The molecular formula is C17H21N3O. The van der Waals surface area contributed by atoms with Gasteiger partial charge < -0.3 is 15.5 Å². The van der Waals surface area contributed by atoms with E-state index in [1.807, 2.05) is 74.8 Å². The van der Waals surface area contributed by atoms with Crippen LogP contribution in [0.2, 0.25) is 0 Å². The van der Waals surface area contributed by atoms with Crippen LogP contribution < -0.4 is 10.6 Å². The van der Waals surface area contributed by atoms with E-state index < -0.39 is 0 Å². The van der Waals surface area contributed by atoms with Gasteiger partial charge in [-0.05, 0) is 31.8 Å². The van der Waals surface area contributed by atoms with Gasteiger partial charge in [-0.3, -0.25) is 0 Å². The fourth-order valence-electron chi connectivity index (χ4n) is 2.13. The molecule has 2 amide bonds. The van der Waals surface area contributed by atoms with Gasteiger partial charge in [0.15, 0.2) is 0 Å². The van der Waals surface area contributed by atoms with Crippen LogP contribution in [-0.4, -0.2) is 31.6 Å². The maximum atomic E-state index is 12.1. The van der Waals surface area contributed by atoms with Crippen molar-refractivity contribution in [2.45, 2.75) is 6.04 Å². The number of anilines is 1. The lowest BCUT2D eigenvalue weighted by molar-refractivity contribution is 0.244. The molecule has 2 rings (SSSR count). The first kappa shape index (κ1) is 15.1. The number of benzene rings is 2. The molecule has 0 aromatic heterocycles. The van der Waals surface area contributed by atoms with Gasteiger partial charge in [0, 0.05) is 12.2 Å². The minimum atomic E-state index is -0.197. The van der Waals surface area contributed by atoms with Crippen LogP contribution >= 0.6 is 0 Å². The number of para-hydroxylation sites is 1. The Morgan fingerprint density at radius 2 is 1.57 bits per heavy atom. The van der Waals surface area contributed by atoms with E-state index in [1.165, 1.54) is 0 Å². The molecule has 0 bridgehead atoms. The molecule has 4 heteroatoms. The predicted molar refractivity (Wildman–Crippen MR) is 86.3 cm³/mol. The Morgan fingerprint density at radius 1 is 1.00 bits per heavy atom. The van der Waals surface area contributed by atoms with E-state index in [1.54, 1.807) is 0 Å². The second kappa shape index (κ2) is 7.45. The second-order valence-electron chi connectivity index (χ2n) is 5.19. The summed E-state index contributed by atoms with van der Waals surface area (Å²) in [5.74, 6) is 0. The minimum absolute atomic E-state index is 0.0510. The van der Waals surface area contributed by atoms with Gasteiger partial charge in [-0.15, -0.1) is 0 Å².